The lowest BCUT2D eigenvalue weighted by atomic mass is 10.1. The lowest BCUT2D eigenvalue weighted by Gasteiger charge is -2.15. The fourth-order valence-electron chi connectivity index (χ4n) is 1.71. The van der Waals surface area contributed by atoms with Crippen LogP contribution in [0.25, 0.3) is 0 Å². The summed E-state index contributed by atoms with van der Waals surface area (Å²) in [4.78, 5) is 23.5. The monoisotopic (exact) mass is 345 g/mol. The zero-order chi connectivity index (χ0) is 16.7. The molecule has 1 rings (SSSR count). The minimum atomic E-state index is -0.631. The van der Waals surface area contributed by atoms with Crippen LogP contribution in [0.3, 0.4) is 0 Å². The summed E-state index contributed by atoms with van der Waals surface area (Å²) in [6.45, 7) is 3.54. The van der Waals surface area contributed by atoms with Gasteiger partial charge in [0, 0.05) is 11.8 Å². The van der Waals surface area contributed by atoms with Crippen LogP contribution in [-0.4, -0.2) is 38.6 Å². The highest BCUT2D eigenvalue weighted by Gasteiger charge is 2.17. The van der Waals surface area contributed by atoms with Crippen molar-refractivity contribution in [2.24, 2.45) is 11.7 Å². The minimum Gasteiger partial charge on any atom is -0.493 e. The first-order chi connectivity index (χ1) is 10.4. The van der Waals surface area contributed by atoms with Crippen molar-refractivity contribution in [2.75, 3.05) is 26.1 Å². The molecule has 8 heteroatoms. The molecular formula is C15H24ClN3O4. The molecule has 0 radical (unpaired) electrons. The topological polar surface area (TPSA) is 103 Å². The lowest BCUT2D eigenvalue weighted by molar-refractivity contribution is -0.125. The molecule has 0 aliphatic heterocycles. The van der Waals surface area contributed by atoms with Gasteiger partial charge in [-0.1, -0.05) is 13.8 Å². The van der Waals surface area contributed by atoms with Gasteiger partial charge in [0.15, 0.2) is 11.5 Å². The van der Waals surface area contributed by atoms with E-state index in [4.69, 9.17) is 15.2 Å². The number of methoxy groups -OCH3 is 2. The summed E-state index contributed by atoms with van der Waals surface area (Å²) in [6.07, 6.45) is 0. The molecule has 0 fully saturated rings. The fourth-order valence-corrected chi connectivity index (χ4v) is 1.71. The second-order valence-electron chi connectivity index (χ2n) is 5.11. The molecule has 130 valence electrons. The fraction of sp³-hybridized carbons (Fsp3) is 0.467. The van der Waals surface area contributed by atoms with Gasteiger partial charge in [0.1, 0.15) is 0 Å². The van der Waals surface area contributed by atoms with E-state index in [1.165, 1.54) is 14.2 Å². The normalized spacial score (nSPS) is 11.2. The van der Waals surface area contributed by atoms with Gasteiger partial charge < -0.3 is 25.8 Å². The van der Waals surface area contributed by atoms with Gasteiger partial charge >= 0.3 is 0 Å². The summed E-state index contributed by atoms with van der Waals surface area (Å²) in [5.74, 6) is 0.380. The zero-order valence-corrected chi connectivity index (χ0v) is 14.5. The summed E-state index contributed by atoms with van der Waals surface area (Å²) in [5, 5.41) is 5.16. The van der Waals surface area contributed by atoms with Crippen LogP contribution in [0.2, 0.25) is 0 Å². The third kappa shape index (κ3) is 6.33. The molecule has 0 unspecified atom stereocenters. The second-order valence-corrected chi connectivity index (χ2v) is 5.11. The molecule has 1 aromatic carbocycles. The molecule has 7 nitrogen and oxygen atoms in total. The molecule has 2 amide bonds. The summed E-state index contributed by atoms with van der Waals surface area (Å²) in [7, 11) is 3.04. The summed E-state index contributed by atoms with van der Waals surface area (Å²) in [5.41, 5.74) is 6.24. The van der Waals surface area contributed by atoms with Crippen molar-refractivity contribution in [1.29, 1.82) is 0 Å². The van der Waals surface area contributed by atoms with E-state index in [2.05, 4.69) is 10.6 Å². The molecule has 1 atom stereocenters. The maximum Gasteiger partial charge on any atom is 0.243 e. The standard InChI is InChI=1S/C15H23N3O4.ClH/c1-9(2)14(16)15(20)17-8-13(19)18-10-5-6-11(21-3)12(7-10)22-4;/h5-7,9,14H,8,16H2,1-4H3,(H,17,20)(H,18,19);1H/t14-;/m0./s1. The van der Waals surface area contributed by atoms with Gasteiger partial charge in [0.05, 0.1) is 26.8 Å². The number of ether oxygens (including phenoxy) is 2. The summed E-state index contributed by atoms with van der Waals surface area (Å²) in [6, 6.07) is 4.37. The van der Waals surface area contributed by atoms with Crippen molar-refractivity contribution >= 4 is 29.9 Å². The van der Waals surface area contributed by atoms with Crippen LogP contribution in [0.4, 0.5) is 5.69 Å². The second kappa shape index (κ2) is 9.91. The molecule has 0 aliphatic carbocycles. The van der Waals surface area contributed by atoms with E-state index < -0.39 is 6.04 Å². The van der Waals surface area contributed by atoms with Crippen LogP contribution in [-0.2, 0) is 9.59 Å². The van der Waals surface area contributed by atoms with Crippen molar-refractivity contribution in [3.8, 4) is 11.5 Å². The maximum absolute atomic E-state index is 11.8. The Labute approximate surface area is 142 Å². The molecular weight excluding hydrogens is 322 g/mol. The Morgan fingerprint density at radius 2 is 1.78 bits per heavy atom. The number of benzene rings is 1. The van der Waals surface area contributed by atoms with Crippen molar-refractivity contribution in [2.45, 2.75) is 19.9 Å². The minimum absolute atomic E-state index is 0. The maximum atomic E-state index is 11.8. The predicted molar refractivity (Wildman–Crippen MR) is 91.2 cm³/mol. The zero-order valence-electron chi connectivity index (χ0n) is 13.7. The number of anilines is 1. The van der Waals surface area contributed by atoms with Gasteiger partial charge in [-0.15, -0.1) is 12.4 Å². The molecule has 0 saturated carbocycles. The highest BCUT2D eigenvalue weighted by Crippen LogP contribution is 2.29. The molecule has 0 aromatic heterocycles. The van der Waals surface area contributed by atoms with Crippen molar-refractivity contribution in [1.82, 2.24) is 5.32 Å². The molecule has 1 aromatic rings. The molecule has 0 saturated heterocycles. The number of nitrogens with one attached hydrogen (secondary N) is 2. The Morgan fingerprint density at radius 3 is 2.30 bits per heavy atom. The Balaban J connectivity index is 0.00000484. The van der Waals surface area contributed by atoms with E-state index in [1.54, 1.807) is 18.2 Å². The molecule has 0 heterocycles. The third-order valence-corrected chi connectivity index (χ3v) is 3.11. The predicted octanol–water partition coefficient (Wildman–Crippen LogP) is 1.16. The van der Waals surface area contributed by atoms with Crippen molar-refractivity contribution in [3.63, 3.8) is 0 Å². The van der Waals surface area contributed by atoms with Crippen LogP contribution in [0.5, 0.6) is 11.5 Å². The summed E-state index contributed by atoms with van der Waals surface area (Å²) < 4.78 is 10.3. The van der Waals surface area contributed by atoms with E-state index >= 15 is 0 Å². The van der Waals surface area contributed by atoms with Gasteiger partial charge in [-0.25, -0.2) is 0 Å². The first-order valence-electron chi connectivity index (χ1n) is 6.94. The van der Waals surface area contributed by atoms with Crippen LogP contribution in [0, 0.1) is 5.92 Å². The van der Waals surface area contributed by atoms with E-state index in [-0.39, 0.29) is 36.7 Å². The number of amides is 2. The Kier molecular flexibility index (Phi) is 9.05. The van der Waals surface area contributed by atoms with Crippen LogP contribution >= 0.6 is 12.4 Å². The first-order valence-corrected chi connectivity index (χ1v) is 6.94. The van der Waals surface area contributed by atoms with Crippen LogP contribution in [0.1, 0.15) is 13.8 Å². The molecule has 0 aliphatic rings. The highest BCUT2D eigenvalue weighted by atomic mass is 35.5. The SMILES string of the molecule is COc1ccc(NC(=O)CNC(=O)[C@@H](N)C(C)C)cc1OC.Cl. The van der Waals surface area contributed by atoms with Gasteiger partial charge in [-0.3, -0.25) is 9.59 Å². The van der Waals surface area contributed by atoms with Gasteiger partial charge in [0.25, 0.3) is 0 Å². The first kappa shape index (κ1) is 21.0. The molecule has 4 N–H and O–H groups in total. The summed E-state index contributed by atoms with van der Waals surface area (Å²) >= 11 is 0. The van der Waals surface area contributed by atoms with E-state index in [9.17, 15) is 9.59 Å². The molecule has 0 bridgehead atoms. The average Bonchev–Trinajstić information content (AvgIpc) is 2.51. The van der Waals surface area contributed by atoms with E-state index in [0.717, 1.165) is 0 Å². The largest absolute Gasteiger partial charge is 0.493 e. The number of halogens is 1. The molecule has 0 spiro atoms. The Bertz CT molecular complexity index is 537. The van der Waals surface area contributed by atoms with Crippen molar-refractivity contribution in [3.05, 3.63) is 18.2 Å². The van der Waals surface area contributed by atoms with Crippen LogP contribution in [0.15, 0.2) is 18.2 Å². The quantitative estimate of drug-likeness (QED) is 0.688. The third-order valence-electron chi connectivity index (χ3n) is 3.11. The van der Waals surface area contributed by atoms with E-state index in [1.807, 2.05) is 13.8 Å². The number of hydrogen-bond acceptors (Lipinski definition) is 5. The number of carbonyl (C=O) groups excluding carboxylic acids is 2. The van der Waals surface area contributed by atoms with Crippen molar-refractivity contribution < 1.29 is 19.1 Å². The number of hydrogen-bond donors (Lipinski definition) is 3. The van der Waals surface area contributed by atoms with E-state index in [0.29, 0.717) is 17.2 Å². The lowest BCUT2D eigenvalue weighted by Crippen LogP contribution is -2.46. The average molecular weight is 346 g/mol. The highest BCUT2D eigenvalue weighted by molar-refractivity contribution is 5.95. The number of carbonyl (C=O) groups is 2. The number of rotatable bonds is 7. The van der Waals surface area contributed by atoms with Gasteiger partial charge in [0.2, 0.25) is 11.8 Å². The Morgan fingerprint density at radius 1 is 1.17 bits per heavy atom. The van der Waals surface area contributed by atoms with Gasteiger partial charge in [-0.05, 0) is 18.1 Å². The smallest absolute Gasteiger partial charge is 0.243 e. The van der Waals surface area contributed by atoms with Gasteiger partial charge in [-0.2, -0.15) is 0 Å². The van der Waals surface area contributed by atoms with Crippen LogP contribution < -0.4 is 25.8 Å². The number of nitrogens with two attached hydrogens (primary N) is 1. The Hall–Kier alpha value is -1.99. The molecule has 23 heavy (non-hydrogen) atoms.